The highest BCUT2D eigenvalue weighted by Gasteiger charge is 2.18. The lowest BCUT2D eigenvalue weighted by Gasteiger charge is -2.24. The van der Waals surface area contributed by atoms with Gasteiger partial charge in [0.25, 0.3) is 0 Å². The second kappa shape index (κ2) is 6.17. The van der Waals surface area contributed by atoms with Crippen LogP contribution in [0, 0.1) is 0 Å². The smallest absolute Gasteiger partial charge is 0.0949 e. The van der Waals surface area contributed by atoms with Crippen LogP contribution in [0.1, 0.15) is 32.4 Å². The van der Waals surface area contributed by atoms with E-state index in [0.29, 0.717) is 6.04 Å². The molecule has 1 aromatic heterocycles. The lowest BCUT2D eigenvalue weighted by Crippen LogP contribution is -2.34. The Morgan fingerprint density at radius 2 is 2.18 bits per heavy atom. The average Bonchev–Trinajstić information content (AvgIpc) is 2.97. The summed E-state index contributed by atoms with van der Waals surface area (Å²) in [6.07, 6.45) is 6.65. The Hall–Kier alpha value is -0.870. The van der Waals surface area contributed by atoms with Crippen molar-refractivity contribution in [2.75, 3.05) is 19.6 Å². The van der Waals surface area contributed by atoms with Gasteiger partial charge in [-0.25, -0.2) is 4.98 Å². The molecule has 1 aliphatic heterocycles. The summed E-state index contributed by atoms with van der Waals surface area (Å²) in [5.41, 5.74) is 1.29. The molecule has 1 unspecified atom stereocenters. The summed E-state index contributed by atoms with van der Waals surface area (Å²) < 4.78 is 2.28. The van der Waals surface area contributed by atoms with Gasteiger partial charge in [0.15, 0.2) is 0 Å². The predicted octanol–water partition coefficient (Wildman–Crippen LogP) is 1.48. The maximum absolute atomic E-state index is 4.26. The minimum Gasteiger partial charge on any atom is -0.332 e. The fraction of sp³-hybridized carbons (Fsp3) is 0.769. The maximum atomic E-state index is 4.26. The van der Waals surface area contributed by atoms with Crippen LogP contribution in [0.4, 0.5) is 0 Å². The molecule has 2 rings (SSSR count). The lowest BCUT2D eigenvalue weighted by atomic mass is 10.3. The van der Waals surface area contributed by atoms with Crippen molar-refractivity contribution < 1.29 is 0 Å². The van der Waals surface area contributed by atoms with Gasteiger partial charge in [0.2, 0.25) is 0 Å². The molecular weight excluding hydrogens is 212 g/mol. The number of nitrogens with zero attached hydrogens (tertiary/aromatic N) is 3. The van der Waals surface area contributed by atoms with Crippen molar-refractivity contribution in [1.29, 1.82) is 0 Å². The fourth-order valence-corrected chi connectivity index (χ4v) is 2.50. The molecule has 0 bridgehead atoms. The van der Waals surface area contributed by atoms with Crippen LogP contribution in [-0.4, -0.2) is 40.1 Å². The van der Waals surface area contributed by atoms with Gasteiger partial charge in [0.05, 0.1) is 12.0 Å². The summed E-state index contributed by atoms with van der Waals surface area (Å²) in [4.78, 5) is 6.84. The fourth-order valence-electron chi connectivity index (χ4n) is 2.50. The molecule has 1 aromatic rings. The third kappa shape index (κ3) is 3.30. The van der Waals surface area contributed by atoms with E-state index in [2.05, 4.69) is 33.6 Å². The number of nitrogens with one attached hydrogen (secondary N) is 1. The molecule has 0 aliphatic carbocycles. The van der Waals surface area contributed by atoms with E-state index in [1.807, 2.05) is 12.5 Å². The Labute approximate surface area is 104 Å². The van der Waals surface area contributed by atoms with Crippen LogP contribution in [0.3, 0.4) is 0 Å². The second-order valence-electron chi connectivity index (χ2n) is 4.91. The highest BCUT2D eigenvalue weighted by atomic mass is 15.2. The van der Waals surface area contributed by atoms with Gasteiger partial charge in [-0.15, -0.1) is 0 Å². The Morgan fingerprint density at radius 3 is 2.88 bits per heavy atom. The van der Waals surface area contributed by atoms with E-state index < -0.39 is 0 Å². The first-order valence-electron chi connectivity index (χ1n) is 6.75. The van der Waals surface area contributed by atoms with E-state index in [-0.39, 0.29) is 0 Å². The van der Waals surface area contributed by atoms with Gasteiger partial charge in [-0.2, -0.15) is 0 Å². The highest BCUT2D eigenvalue weighted by Crippen LogP contribution is 2.13. The van der Waals surface area contributed by atoms with Gasteiger partial charge in [-0.05, 0) is 39.4 Å². The van der Waals surface area contributed by atoms with Crippen molar-refractivity contribution >= 4 is 0 Å². The first kappa shape index (κ1) is 12.6. The molecule has 0 spiro atoms. The lowest BCUT2D eigenvalue weighted by molar-refractivity contribution is 0.234. The maximum Gasteiger partial charge on any atom is 0.0949 e. The van der Waals surface area contributed by atoms with Crippen LogP contribution in [0.25, 0.3) is 0 Å². The zero-order valence-corrected chi connectivity index (χ0v) is 11.0. The molecule has 0 radical (unpaired) electrons. The first-order chi connectivity index (χ1) is 8.31. The van der Waals surface area contributed by atoms with E-state index in [0.717, 1.165) is 19.6 Å². The molecule has 1 saturated heterocycles. The number of hydrogen-bond donors (Lipinski definition) is 1. The van der Waals surface area contributed by atoms with Crippen LogP contribution in [0.15, 0.2) is 12.5 Å². The van der Waals surface area contributed by atoms with Gasteiger partial charge in [-0.3, -0.25) is 4.90 Å². The molecule has 17 heavy (non-hydrogen) atoms. The number of likely N-dealkylation sites (tertiary alicyclic amines) is 1. The van der Waals surface area contributed by atoms with Gasteiger partial charge < -0.3 is 9.88 Å². The number of rotatable bonds is 6. The minimum absolute atomic E-state index is 0.618. The van der Waals surface area contributed by atoms with Crippen molar-refractivity contribution in [2.45, 2.75) is 45.8 Å². The standard InChI is InChI=1S/C13H24N4/c1-3-14-8-13-9-15-11-17(13)10-12(2)16-6-4-5-7-16/h9,11-12,14H,3-8,10H2,1-2H3. The van der Waals surface area contributed by atoms with Crippen LogP contribution in [0.5, 0.6) is 0 Å². The third-order valence-electron chi connectivity index (χ3n) is 3.58. The minimum atomic E-state index is 0.618. The van der Waals surface area contributed by atoms with Crippen LogP contribution in [-0.2, 0) is 13.1 Å². The summed E-state index contributed by atoms with van der Waals surface area (Å²) in [6.45, 7) is 9.96. The highest BCUT2D eigenvalue weighted by molar-refractivity contribution is 4.98. The zero-order chi connectivity index (χ0) is 12.1. The molecule has 1 atom stereocenters. The molecule has 0 aromatic carbocycles. The van der Waals surface area contributed by atoms with Crippen molar-refractivity contribution in [3.8, 4) is 0 Å². The zero-order valence-electron chi connectivity index (χ0n) is 11.0. The van der Waals surface area contributed by atoms with Crippen molar-refractivity contribution in [2.24, 2.45) is 0 Å². The Kier molecular flexibility index (Phi) is 4.57. The third-order valence-corrected chi connectivity index (χ3v) is 3.58. The quantitative estimate of drug-likeness (QED) is 0.812. The summed E-state index contributed by atoms with van der Waals surface area (Å²) >= 11 is 0. The van der Waals surface area contributed by atoms with E-state index in [4.69, 9.17) is 0 Å². The molecular formula is C13H24N4. The molecule has 1 aliphatic rings. The van der Waals surface area contributed by atoms with E-state index in [1.165, 1.54) is 31.6 Å². The van der Waals surface area contributed by atoms with E-state index in [9.17, 15) is 0 Å². The first-order valence-corrected chi connectivity index (χ1v) is 6.75. The van der Waals surface area contributed by atoms with Gasteiger partial charge in [0.1, 0.15) is 0 Å². The normalized spacial score (nSPS) is 18.7. The van der Waals surface area contributed by atoms with Crippen molar-refractivity contribution in [3.63, 3.8) is 0 Å². The summed E-state index contributed by atoms with van der Waals surface area (Å²) in [6, 6.07) is 0.618. The van der Waals surface area contributed by atoms with Gasteiger partial charge in [-0.1, -0.05) is 6.92 Å². The van der Waals surface area contributed by atoms with E-state index in [1.54, 1.807) is 0 Å². The van der Waals surface area contributed by atoms with Gasteiger partial charge in [0, 0.05) is 25.3 Å². The molecule has 1 N–H and O–H groups in total. The molecule has 4 heteroatoms. The van der Waals surface area contributed by atoms with Crippen molar-refractivity contribution in [3.05, 3.63) is 18.2 Å². The predicted molar refractivity (Wildman–Crippen MR) is 69.9 cm³/mol. The van der Waals surface area contributed by atoms with Crippen LogP contribution in [0.2, 0.25) is 0 Å². The largest absolute Gasteiger partial charge is 0.332 e. The summed E-state index contributed by atoms with van der Waals surface area (Å²) in [5.74, 6) is 0. The molecule has 2 heterocycles. The molecule has 0 saturated carbocycles. The number of hydrogen-bond acceptors (Lipinski definition) is 3. The topological polar surface area (TPSA) is 33.1 Å². The molecule has 0 amide bonds. The Balaban J connectivity index is 1.90. The molecule has 96 valence electrons. The molecule has 4 nitrogen and oxygen atoms in total. The Bertz CT molecular complexity index is 328. The van der Waals surface area contributed by atoms with E-state index >= 15 is 0 Å². The average molecular weight is 236 g/mol. The Morgan fingerprint density at radius 1 is 1.41 bits per heavy atom. The number of aromatic nitrogens is 2. The van der Waals surface area contributed by atoms with Crippen LogP contribution < -0.4 is 5.32 Å². The second-order valence-corrected chi connectivity index (χ2v) is 4.91. The van der Waals surface area contributed by atoms with Gasteiger partial charge >= 0.3 is 0 Å². The summed E-state index contributed by atoms with van der Waals surface area (Å²) in [7, 11) is 0. The SMILES string of the molecule is CCNCc1cncn1CC(C)N1CCCC1. The van der Waals surface area contributed by atoms with Crippen LogP contribution >= 0.6 is 0 Å². The summed E-state index contributed by atoms with van der Waals surface area (Å²) in [5, 5.41) is 3.36. The number of imidazole rings is 1. The van der Waals surface area contributed by atoms with Crippen molar-refractivity contribution in [1.82, 2.24) is 19.8 Å². The monoisotopic (exact) mass is 236 g/mol. The molecule has 1 fully saturated rings.